The van der Waals surface area contributed by atoms with E-state index in [1.807, 2.05) is 37.3 Å². The number of aldehydes is 1. The first kappa shape index (κ1) is 26.5. The molecule has 148 valence electrons. The van der Waals surface area contributed by atoms with Gasteiger partial charge in [-0.1, -0.05) is 60.1 Å². The minimum Gasteiger partial charge on any atom is -0.310 e. The maximum absolute atomic E-state index is 13.7. The van der Waals surface area contributed by atoms with Crippen LogP contribution in [0.15, 0.2) is 53.1 Å². The molecule has 1 rings (SSSR count). The molecule has 0 aromatic heterocycles. The molecule has 1 aromatic rings. The van der Waals surface area contributed by atoms with Gasteiger partial charge >= 0.3 is 0 Å². The van der Waals surface area contributed by atoms with E-state index < -0.39 is 6.17 Å². The summed E-state index contributed by atoms with van der Waals surface area (Å²) < 4.78 is 13.7. The number of nitrogens with one attached hydrogen (secondary N) is 1. The molecule has 0 fully saturated rings. The summed E-state index contributed by atoms with van der Waals surface area (Å²) in [4.78, 5) is 8.81. The second kappa shape index (κ2) is 18.1. The molecule has 0 aliphatic rings. The van der Waals surface area contributed by atoms with E-state index in [1.54, 1.807) is 0 Å². The van der Waals surface area contributed by atoms with Gasteiger partial charge in [0.15, 0.2) is 0 Å². The Bertz CT molecular complexity index is 516. The van der Waals surface area contributed by atoms with Crippen LogP contribution in [0.25, 0.3) is 0 Å². The molecule has 1 aromatic carbocycles. The Kier molecular flexibility index (Phi) is 18.4. The highest BCUT2D eigenvalue weighted by Gasteiger charge is 2.07. The highest BCUT2D eigenvalue weighted by Crippen LogP contribution is 2.07. The molecular formula is C23H38FNO. The Balaban J connectivity index is 0. The number of hydrogen-bond acceptors (Lipinski definition) is 2. The molecule has 0 amide bonds. The number of halogens is 1. The van der Waals surface area contributed by atoms with Gasteiger partial charge in [0.1, 0.15) is 12.5 Å². The van der Waals surface area contributed by atoms with Crippen molar-refractivity contribution in [1.29, 1.82) is 0 Å². The standard InChI is InChI=1S/C16H24FN.C5H10.C2H4O/c1-4-13(2)14(3)11-18-12-16(17)10-15-8-6-5-7-9-15;1-4-5(2)3;1-2-3/h5-9,16,18H,4,10-12H2,1-3H3;4H,1-3H3;2H,1H3. The largest absolute Gasteiger partial charge is 0.310 e. The van der Waals surface area contributed by atoms with Gasteiger partial charge in [0.2, 0.25) is 0 Å². The summed E-state index contributed by atoms with van der Waals surface area (Å²) in [5.74, 6) is 0. The molecule has 0 saturated carbocycles. The fourth-order valence-electron chi connectivity index (χ4n) is 1.81. The van der Waals surface area contributed by atoms with Crippen LogP contribution >= 0.6 is 0 Å². The van der Waals surface area contributed by atoms with Crippen LogP contribution in [0.5, 0.6) is 0 Å². The van der Waals surface area contributed by atoms with E-state index in [4.69, 9.17) is 4.79 Å². The van der Waals surface area contributed by atoms with Gasteiger partial charge in [0, 0.05) is 19.5 Å². The van der Waals surface area contributed by atoms with Crippen LogP contribution < -0.4 is 5.32 Å². The minimum absolute atomic E-state index is 0.420. The molecule has 26 heavy (non-hydrogen) atoms. The zero-order valence-corrected chi connectivity index (χ0v) is 17.7. The quantitative estimate of drug-likeness (QED) is 0.470. The normalized spacial score (nSPS) is 11.7. The van der Waals surface area contributed by atoms with Crippen molar-refractivity contribution in [3.05, 3.63) is 58.7 Å². The van der Waals surface area contributed by atoms with Crippen molar-refractivity contribution in [2.45, 2.75) is 67.5 Å². The summed E-state index contributed by atoms with van der Waals surface area (Å²) in [7, 11) is 0. The summed E-state index contributed by atoms with van der Waals surface area (Å²) in [5, 5.41) is 3.19. The lowest BCUT2D eigenvalue weighted by molar-refractivity contribution is -0.106. The third-order valence-corrected chi connectivity index (χ3v) is 3.89. The lowest BCUT2D eigenvalue weighted by Crippen LogP contribution is -2.27. The van der Waals surface area contributed by atoms with Gasteiger partial charge in [-0.05, 0) is 53.5 Å². The maximum atomic E-state index is 13.7. The maximum Gasteiger partial charge on any atom is 0.117 e. The van der Waals surface area contributed by atoms with Crippen LogP contribution in [-0.2, 0) is 11.2 Å². The Morgan fingerprint density at radius 2 is 1.58 bits per heavy atom. The number of benzene rings is 1. The van der Waals surface area contributed by atoms with Gasteiger partial charge in [0.25, 0.3) is 0 Å². The molecule has 1 atom stereocenters. The van der Waals surface area contributed by atoms with Crippen molar-refractivity contribution in [3.8, 4) is 0 Å². The summed E-state index contributed by atoms with van der Waals surface area (Å²) >= 11 is 0. The third-order valence-electron chi connectivity index (χ3n) is 3.89. The van der Waals surface area contributed by atoms with Gasteiger partial charge < -0.3 is 10.1 Å². The Morgan fingerprint density at radius 3 is 2.00 bits per heavy atom. The molecule has 0 heterocycles. The fourth-order valence-corrected chi connectivity index (χ4v) is 1.81. The fraction of sp³-hybridized carbons (Fsp3) is 0.522. The van der Waals surface area contributed by atoms with Crippen LogP contribution in [0, 0.1) is 0 Å². The SMILES string of the molecule is CC=C(C)C.CC=O.CCC(C)=C(C)CNCC(F)Cc1ccccc1. The summed E-state index contributed by atoms with van der Waals surface area (Å²) in [5.41, 5.74) is 5.15. The number of carbonyl (C=O) groups excluding carboxylic acids is 1. The van der Waals surface area contributed by atoms with Crippen molar-refractivity contribution in [1.82, 2.24) is 5.32 Å². The number of allylic oxidation sites excluding steroid dienone is 3. The van der Waals surface area contributed by atoms with E-state index in [2.05, 4.69) is 46.0 Å². The van der Waals surface area contributed by atoms with Crippen molar-refractivity contribution in [2.24, 2.45) is 0 Å². The molecule has 1 N–H and O–H groups in total. The topological polar surface area (TPSA) is 29.1 Å². The molecule has 3 heteroatoms. The van der Waals surface area contributed by atoms with Gasteiger partial charge in [-0.3, -0.25) is 0 Å². The van der Waals surface area contributed by atoms with Gasteiger partial charge in [0.05, 0.1) is 0 Å². The van der Waals surface area contributed by atoms with Gasteiger partial charge in [-0.2, -0.15) is 0 Å². The zero-order chi connectivity index (χ0) is 20.4. The average molecular weight is 364 g/mol. The molecule has 2 nitrogen and oxygen atoms in total. The van der Waals surface area contributed by atoms with E-state index in [-0.39, 0.29) is 0 Å². The zero-order valence-electron chi connectivity index (χ0n) is 17.7. The van der Waals surface area contributed by atoms with Crippen LogP contribution in [0.2, 0.25) is 0 Å². The first-order valence-electron chi connectivity index (χ1n) is 9.35. The number of hydrogen-bond donors (Lipinski definition) is 1. The predicted octanol–water partition coefficient (Wildman–Crippen LogP) is 6.08. The van der Waals surface area contributed by atoms with Crippen molar-refractivity contribution >= 4 is 6.29 Å². The molecule has 0 aliphatic carbocycles. The minimum atomic E-state index is -0.817. The molecule has 0 saturated heterocycles. The van der Waals surface area contributed by atoms with Gasteiger partial charge in [-0.15, -0.1) is 0 Å². The summed E-state index contributed by atoms with van der Waals surface area (Å²) in [6.45, 7) is 15.2. The summed E-state index contributed by atoms with van der Waals surface area (Å²) in [6.07, 6.45) is 3.57. The molecular weight excluding hydrogens is 325 g/mol. The molecule has 0 aliphatic heterocycles. The first-order chi connectivity index (χ1) is 12.3. The second-order valence-electron chi connectivity index (χ2n) is 6.43. The van der Waals surface area contributed by atoms with E-state index in [1.165, 1.54) is 23.6 Å². The number of alkyl halides is 1. The van der Waals surface area contributed by atoms with Crippen LogP contribution in [0.4, 0.5) is 4.39 Å². The number of carbonyl (C=O) groups is 1. The van der Waals surface area contributed by atoms with Crippen LogP contribution in [-0.4, -0.2) is 25.5 Å². The van der Waals surface area contributed by atoms with Crippen molar-refractivity contribution in [2.75, 3.05) is 13.1 Å². The van der Waals surface area contributed by atoms with Crippen molar-refractivity contribution in [3.63, 3.8) is 0 Å². The molecule has 0 bridgehead atoms. The lowest BCUT2D eigenvalue weighted by Gasteiger charge is -2.11. The molecule has 0 radical (unpaired) electrons. The van der Waals surface area contributed by atoms with E-state index in [0.717, 1.165) is 24.8 Å². The number of rotatable bonds is 7. The highest BCUT2D eigenvalue weighted by molar-refractivity contribution is 5.44. The smallest absolute Gasteiger partial charge is 0.117 e. The molecule has 1 unspecified atom stereocenters. The van der Waals surface area contributed by atoms with Crippen molar-refractivity contribution < 1.29 is 9.18 Å². The van der Waals surface area contributed by atoms with E-state index in [0.29, 0.717) is 13.0 Å². The van der Waals surface area contributed by atoms with E-state index >= 15 is 0 Å². The first-order valence-corrected chi connectivity index (χ1v) is 9.35. The predicted molar refractivity (Wildman–Crippen MR) is 113 cm³/mol. The second-order valence-corrected chi connectivity index (χ2v) is 6.43. The Labute approximate surface area is 160 Å². The van der Waals surface area contributed by atoms with Gasteiger partial charge in [-0.25, -0.2) is 4.39 Å². The van der Waals surface area contributed by atoms with Crippen LogP contribution in [0.3, 0.4) is 0 Å². The van der Waals surface area contributed by atoms with Crippen LogP contribution in [0.1, 0.15) is 60.5 Å². The Hall–Kier alpha value is -1.74. The summed E-state index contributed by atoms with van der Waals surface area (Å²) in [6, 6.07) is 9.80. The highest BCUT2D eigenvalue weighted by atomic mass is 19.1. The average Bonchev–Trinajstić information content (AvgIpc) is 2.62. The van der Waals surface area contributed by atoms with E-state index in [9.17, 15) is 4.39 Å². The lowest BCUT2D eigenvalue weighted by atomic mass is 10.1. The molecule has 0 spiro atoms. The third kappa shape index (κ3) is 17.1. The Morgan fingerprint density at radius 1 is 1.08 bits per heavy atom. The monoisotopic (exact) mass is 363 g/mol.